The second kappa shape index (κ2) is 5.29. The van der Waals surface area contributed by atoms with Gasteiger partial charge in [-0.1, -0.05) is 34.1 Å². The highest BCUT2D eigenvalue weighted by Crippen LogP contribution is 2.23. The van der Waals surface area contributed by atoms with Crippen molar-refractivity contribution in [3.63, 3.8) is 0 Å². The van der Waals surface area contributed by atoms with E-state index in [0.717, 1.165) is 34.1 Å². The molecule has 0 aliphatic carbocycles. The molecule has 3 rings (SSSR count). The van der Waals surface area contributed by atoms with Gasteiger partial charge in [-0.3, -0.25) is 4.79 Å². The third kappa shape index (κ3) is 2.56. The highest BCUT2D eigenvalue weighted by atomic mass is 79.9. The van der Waals surface area contributed by atoms with Gasteiger partial charge in [0.25, 0.3) is 5.91 Å². The van der Waals surface area contributed by atoms with Gasteiger partial charge in [-0.15, -0.1) is 0 Å². The smallest absolute Gasteiger partial charge is 0.254 e. The normalized spacial score (nSPS) is 14.2. The van der Waals surface area contributed by atoms with Crippen LogP contribution in [0.25, 0.3) is 0 Å². The number of nitrogens with two attached hydrogens (primary N) is 1. The second-order valence-corrected chi connectivity index (χ2v) is 5.94. The second-order valence-electron chi connectivity index (χ2n) is 5.02. The number of nitrogen functional groups attached to an aromatic ring is 1. The summed E-state index contributed by atoms with van der Waals surface area (Å²) >= 11 is 3.46. The lowest BCUT2D eigenvalue weighted by Crippen LogP contribution is -2.37. The zero-order valence-electron chi connectivity index (χ0n) is 11.0. The van der Waals surface area contributed by atoms with Crippen LogP contribution in [0.4, 0.5) is 5.69 Å². The Morgan fingerprint density at radius 1 is 1.20 bits per heavy atom. The number of carbonyl (C=O) groups excluding carboxylic acids is 1. The molecule has 2 aromatic rings. The lowest BCUT2D eigenvalue weighted by molar-refractivity contribution is 0.0727. The lowest BCUT2D eigenvalue weighted by atomic mass is 9.98. The van der Waals surface area contributed by atoms with Crippen LogP contribution in [0.15, 0.2) is 46.9 Å². The van der Waals surface area contributed by atoms with Gasteiger partial charge >= 0.3 is 0 Å². The molecule has 1 aliphatic heterocycles. The molecule has 1 aliphatic rings. The highest BCUT2D eigenvalue weighted by molar-refractivity contribution is 9.10. The Morgan fingerprint density at radius 2 is 2.05 bits per heavy atom. The average molecular weight is 331 g/mol. The largest absolute Gasteiger partial charge is 0.399 e. The molecule has 0 fully saturated rings. The summed E-state index contributed by atoms with van der Waals surface area (Å²) in [6.07, 6.45) is 0.884. The third-order valence-electron chi connectivity index (χ3n) is 3.57. The summed E-state index contributed by atoms with van der Waals surface area (Å²) in [4.78, 5) is 14.4. The van der Waals surface area contributed by atoms with Gasteiger partial charge in [-0.05, 0) is 41.8 Å². The molecular weight excluding hydrogens is 316 g/mol. The molecule has 2 N–H and O–H groups in total. The van der Waals surface area contributed by atoms with Crippen LogP contribution in [0.3, 0.4) is 0 Å². The van der Waals surface area contributed by atoms with E-state index in [0.29, 0.717) is 12.2 Å². The number of halogens is 1. The van der Waals surface area contributed by atoms with Gasteiger partial charge in [0, 0.05) is 28.8 Å². The Balaban J connectivity index is 1.85. The molecule has 0 atom stereocenters. The molecule has 0 bridgehead atoms. The molecule has 20 heavy (non-hydrogen) atoms. The molecule has 0 aromatic heterocycles. The Kier molecular flexibility index (Phi) is 3.49. The van der Waals surface area contributed by atoms with E-state index in [9.17, 15) is 4.79 Å². The fourth-order valence-electron chi connectivity index (χ4n) is 2.55. The standard InChI is InChI=1S/C16H15BrN2O/c17-13-3-1-2-11(8-13)10-19-7-6-12-4-5-14(18)9-15(12)16(19)20/h1-5,8-9H,6-7,10,18H2. The first-order valence-corrected chi connectivity index (χ1v) is 7.35. The number of rotatable bonds is 2. The fraction of sp³-hybridized carbons (Fsp3) is 0.188. The quantitative estimate of drug-likeness (QED) is 0.859. The van der Waals surface area contributed by atoms with Crippen molar-refractivity contribution >= 4 is 27.5 Å². The molecule has 0 radical (unpaired) electrons. The summed E-state index contributed by atoms with van der Waals surface area (Å²) in [5.41, 5.74) is 9.38. The van der Waals surface area contributed by atoms with Crippen LogP contribution in [0.2, 0.25) is 0 Å². The van der Waals surface area contributed by atoms with E-state index in [2.05, 4.69) is 15.9 Å². The van der Waals surface area contributed by atoms with Crippen LogP contribution in [-0.4, -0.2) is 17.4 Å². The summed E-state index contributed by atoms with van der Waals surface area (Å²) in [6.45, 7) is 1.38. The molecule has 1 amide bonds. The number of hydrogen-bond donors (Lipinski definition) is 1. The van der Waals surface area contributed by atoms with Gasteiger partial charge in [0.15, 0.2) is 0 Å². The molecule has 4 heteroatoms. The molecule has 102 valence electrons. The predicted octanol–water partition coefficient (Wildman–Crippen LogP) is 3.23. The van der Waals surface area contributed by atoms with Crippen molar-refractivity contribution in [2.24, 2.45) is 0 Å². The van der Waals surface area contributed by atoms with Crippen LogP contribution < -0.4 is 5.73 Å². The first-order chi connectivity index (χ1) is 9.63. The average Bonchev–Trinajstić information content (AvgIpc) is 2.43. The third-order valence-corrected chi connectivity index (χ3v) is 4.06. The monoisotopic (exact) mass is 330 g/mol. The van der Waals surface area contributed by atoms with Crippen molar-refractivity contribution in [3.8, 4) is 0 Å². The van der Waals surface area contributed by atoms with Crippen LogP contribution in [0.5, 0.6) is 0 Å². The number of benzene rings is 2. The van der Waals surface area contributed by atoms with Crippen LogP contribution >= 0.6 is 15.9 Å². The van der Waals surface area contributed by atoms with Crippen LogP contribution in [0.1, 0.15) is 21.5 Å². The number of fused-ring (bicyclic) bond motifs is 1. The molecular formula is C16H15BrN2O. The topological polar surface area (TPSA) is 46.3 Å². The lowest BCUT2D eigenvalue weighted by Gasteiger charge is -2.29. The number of anilines is 1. The summed E-state index contributed by atoms with van der Waals surface area (Å²) in [5.74, 6) is 0.0681. The van der Waals surface area contributed by atoms with E-state index in [1.54, 1.807) is 6.07 Å². The first kappa shape index (κ1) is 13.2. The number of nitrogens with zero attached hydrogens (tertiary/aromatic N) is 1. The summed E-state index contributed by atoms with van der Waals surface area (Å²) in [7, 11) is 0. The van der Waals surface area contributed by atoms with Crippen molar-refractivity contribution in [1.82, 2.24) is 4.90 Å². The van der Waals surface area contributed by atoms with E-state index < -0.39 is 0 Å². The van der Waals surface area contributed by atoms with Gasteiger partial charge in [0.2, 0.25) is 0 Å². The van der Waals surface area contributed by atoms with Crippen molar-refractivity contribution in [2.45, 2.75) is 13.0 Å². The molecule has 0 spiro atoms. The van der Waals surface area contributed by atoms with Gasteiger partial charge in [0.1, 0.15) is 0 Å². The minimum atomic E-state index is 0.0681. The van der Waals surface area contributed by atoms with Crippen molar-refractivity contribution < 1.29 is 4.79 Å². The van der Waals surface area contributed by atoms with Gasteiger partial charge in [0.05, 0.1) is 0 Å². The molecule has 0 saturated heterocycles. The molecule has 2 aromatic carbocycles. The minimum absolute atomic E-state index is 0.0681. The van der Waals surface area contributed by atoms with Crippen molar-refractivity contribution in [3.05, 3.63) is 63.6 Å². The number of carbonyl (C=O) groups is 1. The summed E-state index contributed by atoms with van der Waals surface area (Å²) in [5, 5.41) is 0. The van der Waals surface area contributed by atoms with E-state index in [1.807, 2.05) is 41.3 Å². The summed E-state index contributed by atoms with van der Waals surface area (Å²) in [6, 6.07) is 13.6. The van der Waals surface area contributed by atoms with Crippen molar-refractivity contribution in [1.29, 1.82) is 0 Å². The van der Waals surface area contributed by atoms with E-state index >= 15 is 0 Å². The first-order valence-electron chi connectivity index (χ1n) is 6.55. The molecule has 1 heterocycles. The Morgan fingerprint density at radius 3 is 2.85 bits per heavy atom. The Labute approximate surface area is 126 Å². The van der Waals surface area contributed by atoms with Gasteiger partial charge in [-0.2, -0.15) is 0 Å². The zero-order chi connectivity index (χ0) is 14.1. The maximum atomic E-state index is 12.5. The van der Waals surface area contributed by atoms with Crippen LogP contribution in [0, 0.1) is 0 Å². The van der Waals surface area contributed by atoms with Crippen molar-refractivity contribution in [2.75, 3.05) is 12.3 Å². The molecule has 0 unspecified atom stereocenters. The number of hydrogen-bond acceptors (Lipinski definition) is 2. The number of amides is 1. The van der Waals surface area contributed by atoms with E-state index in [4.69, 9.17) is 5.73 Å². The van der Waals surface area contributed by atoms with Gasteiger partial charge < -0.3 is 10.6 Å². The molecule has 0 saturated carbocycles. The Bertz CT molecular complexity index is 669. The zero-order valence-corrected chi connectivity index (χ0v) is 12.6. The van der Waals surface area contributed by atoms with E-state index in [1.165, 1.54) is 0 Å². The van der Waals surface area contributed by atoms with Crippen LogP contribution in [-0.2, 0) is 13.0 Å². The summed E-state index contributed by atoms with van der Waals surface area (Å²) < 4.78 is 1.03. The maximum Gasteiger partial charge on any atom is 0.254 e. The maximum absolute atomic E-state index is 12.5. The fourth-order valence-corrected chi connectivity index (χ4v) is 2.99. The Hall–Kier alpha value is -1.81. The predicted molar refractivity (Wildman–Crippen MR) is 83.4 cm³/mol. The highest BCUT2D eigenvalue weighted by Gasteiger charge is 2.24. The minimum Gasteiger partial charge on any atom is -0.399 e. The molecule has 3 nitrogen and oxygen atoms in total. The SMILES string of the molecule is Nc1ccc2c(c1)C(=O)N(Cc1cccc(Br)c1)CC2. The van der Waals surface area contributed by atoms with Gasteiger partial charge in [-0.25, -0.2) is 0 Å². The van der Waals surface area contributed by atoms with E-state index in [-0.39, 0.29) is 5.91 Å².